The second-order valence-corrected chi connectivity index (χ2v) is 17.7. The maximum absolute atomic E-state index is 12.8. The molecular formula is C63H100O6. The van der Waals surface area contributed by atoms with Crippen LogP contribution in [-0.4, -0.2) is 37.2 Å². The molecule has 0 aliphatic rings. The van der Waals surface area contributed by atoms with Gasteiger partial charge in [-0.25, -0.2) is 0 Å². The molecule has 0 spiro atoms. The van der Waals surface area contributed by atoms with E-state index in [1.165, 1.54) is 64.2 Å². The van der Waals surface area contributed by atoms with Crippen LogP contribution in [0.3, 0.4) is 0 Å². The second kappa shape index (κ2) is 56.1. The molecule has 0 aliphatic carbocycles. The van der Waals surface area contributed by atoms with E-state index in [-0.39, 0.29) is 44.0 Å². The fourth-order valence-corrected chi connectivity index (χ4v) is 6.97. The van der Waals surface area contributed by atoms with Crippen molar-refractivity contribution in [1.29, 1.82) is 0 Å². The third-order valence-corrected chi connectivity index (χ3v) is 11.1. The van der Waals surface area contributed by atoms with Gasteiger partial charge in [-0.15, -0.1) is 0 Å². The van der Waals surface area contributed by atoms with Crippen LogP contribution < -0.4 is 0 Å². The minimum Gasteiger partial charge on any atom is -0.462 e. The molecule has 0 aromatic rings. The molecule has 0 heterocycles. The molecule has 0 radical (unpaired) electrons. The Morgan fingerprint density at radius 3 is 1.03 bits per heavy atom. The standard InChI is InChI=1S/C63H100O6/c1-4-7-10-13-16-19-22-25-27-29-31-33-35-38-41-44-47-50-53-56-62(65)68-59-60(58-67-61(64)55-52-49-46-43-40-37-24-21-18-15-12-9-6-3)69-63(66)57-54-51-48-45-42-39-36-34-32-30-28-26-23-20-17-14-11-8-5-2/h7,10,16-17,19-21,24-28,31-34,38-39,41-42,47,50,60H,4-6,8-9,11-15,18,22-23,29-30,35-37,40,43-46,48-49,51-59H2,1-3H3/b10-7-,19-16-,20-17-,24-21-,27-25-,28-26-,33-31-,34-32-,41-38-,42-39-,50-47-/t60-/m0/s1. The van der Waals surface area contributed by atoms with Crippen LogP contribution in [0.4, 0.5) is 0 Å². The molecule has 1 atom stereocenters. The number of carbonyl (C=O) groups is 3. The first kappa shape index (κ1) is 64.5. The first-order valence-corrected chi connectivity index (χ1v) is 27.7. The van der Waals surface area contributed by atoms with E-state index in [2.05, 4.69) is 142 Å². The third kappa shape index (κ3) is 54.4. The zero-order valence-corrected chi connectivity index (χ0v) is 44.3. The molecule has 0 N–H and O–H groups in total. The summed E-state index contributed by atoms with van der Waals surface area (Å²) in [6.07, 6.45) is 78.7. The van der Waals surface area contributed by atoms with Gasteiger partial charge in [0.2, 0.25) is 0 Å². The average molecular weight is 953 g/mol. The van der Waals surface area contributed by atoms with Gasteiger partial charge in [-0.3, -0.25) is 14.4 Å². The number of esters is 3. The Labute approximate surface area is 424 Å². The van der Waals surface area contributed by atoms with Gasteiger partial charge >= 0.3 is 17.9 Å². The lowest BCUT2D eigenvalue weighted by molar-refractivity contribution is -0.166. The van der Waals surface area contributed by atoms with Crippen LogP contribution in [0.25, 0.3) is 0 Å². The van der Waals surface area contributed by atoms with Gasteiger partial charge in [0, 0.05) is 19.3 Å². The second-order valence-electron chi connectivity index (χ2n) is 17.7. The normalized spacial score (nSPS) is 13.1. The van der Waals surface area contributed by atoms with Crippen molar-refractivity contribution in [2.24, 2.45) is 0 Å². The maximum Gasteiger partial charge on any atom is 0.306 e. The van der Waals surface area contributed by atoms with Crippen LogP contribution in [0.15, 0.2) is 134 Å². The highest BCUT2D eigenvalue weighted by Gasteiger charge is 2.19. The summed E-state index contributed by atoms with van der Waals surface area (Å²) in [4.78, 5) is 38.1. The molecule has 69 heavy (non-hydrogen) atoms. The lowest BCUT2D eigenvalue weighted by Gasteiger charge is -2.18. The van der Waals surface area contributed by atoms with E-state index in [4.69, 9.17) is 14.2 Å². The van der Waals surface area contributed by atoms with Gasteiger partial charge in [0.25, 0.3) is 0 Å². The molecule has 0 aliphatic heterocycles. The van der Waals surface area contributed by atoms with Crippen molar-refractivity contribution in [1.82, 2.24) is 0 Å². The van der Waals surface area contributed by atoms with Crippen LogP contribution in [0.1, 0.15) is 226 Å². The summed E-state index contributed by atoms with van der Waals surface area (Å²) in [5.74, 6) is -1.06. The molecule has 0 fully saturated rings. The molecule has 0 saturated heterocycles. The van der Waals surface area contributed by atoms with E-state index >= 15 is 0 Å². The monoisotopic (exact) mass is 953 g/mol. The van der Waals surface area contributed by atoms with Crippen LogP contribution >= 0.6 is 0 Å². The molecule has 0 amide bonds. The van der Waals surface area contributed by atoms with Gasteiger partial charge in [0.1, 0.15) is 13.2 Å². The number of hydrogen-bond donors (Lipinski definition) is 0. The van der Waals surface area contributed by atoms with Crippen LogP contribution in [0.2, 0.25) is 0 Å². The van der Waals surface area contributed by atoms with Crippen LogP contribution in [-0.2, 0) is 28.6 Å². The van der Waals surface area contributed by atoms with Gasteiger partial charge in [-0.05, 0) is 128 Å². The summed E-state index contributed by atoms with van der Waals surface area (Å²) in [5.41, 5.74) is 0. The van der Waals surface area contributed by atoms with Gasteiger partial charge in [0.05, 0.1) is 0 Å². The third-order valence-electron chi connectivity index (χ3n) is 11.1. The molecule has 0 rings (SSSR count). The van der Waals surface area contributed by atoms with Crippen molar-refractivity contribution in [3.8, 4) is 0 Å². The fraction of sp³-hybridized carbons (Fsp3) is 0.603. The first-order chi connectivity index (χ1) is 34.0. The van der Waals surface area contributed by atoms with E-state index in [9.17, 15) is 14.4 Å². The summed E-state index contributed by atoms with van der Waals surface area (Å²) >= 11 is 0. The van der Waals surface area contributed by atoms with E-state index in [1.54, 1.807) is 0 Å². The molecule has 0 unspecified atom stereocenters. The molecular weight excluding hydrogens is 853 g/mol. The molecule has 6 nitrogen and oxygen atoms in total. The first-order valence-electron chi connectivity index (χ1n) is 27.7. The number of carbonyl (C=O) groups excluding carboxylic acids is 3. The predicted octanol–water partition coefficient (Wildman–Crippen LogP) is 18.6. The Morgan fingerprint density at radius 1 is 0.304 bits per heavy atom. The number of hydrogen-bond acceptors (Lipinski definition) is 6. The topological polar surface area (TPSA) is 78.9 Å². The summed E-state index contributed by atoms with van der Waals surface area (Å²) < 4.78 is 16.7. The Balaban J connectivity index is 4.59. The van der Waals surface area contributed by atoms with Crippen LogP contribution in [0, 0.1) is 0 Å². The van der Waals surface area contributed by atoms with E-state index < -0.39 is 6.10 Å². The number of unbranched alkanes of at least 4 members (excludes halogenated alkanes) is 15. The largest absolute Gasteiger partial charge is 0.462 e. The average Bonchev–Trinajstić information content (AvgIpc) is 3.35. The summed E-state index contributed by atoms with van der Waals surface area (Å²) in [6.45, 7) is 6.37. The van der Waals surface area contributed by atoms with E-state index in [1.807, 2.05) is 12.2 Å². The van der Waals surface area contributed by atoms with Gasteiger partial charge in [-0.1, -0.05) is 212 Å². The SMILES string of the molecule is CC/C=C\C/C=C\C/C=C\C/C=C\C/C=C\C/C=C\CCC(=O)OC[C@H](COC(=O)CCCCCCC/C=C\CCCCCC)OC(=O)CCCCC/C=C\C/C=C\C/C=C\C/C=C\CCCCC. The minimum atomic E-state index is -0.834. The number of rotatable bonds is 48. The molecule has 0 bridgehead atoms. The van der Waals surface area contributed by atoms with Gasteiger partial charge in [-0.2, -0.15) is 0 Å². The molecule has 0 saturated carbocycles. The molecule has 0 aromatic carbocycles. The summed E-state index contributed by atoms with van der Waals surface area (Å²) in [5, 5.41) is 0. The van der Waals surface area contributed by atoms with E-state index in [0.717, 1.165) is 109 Å². The van der Waals surface area contributed by atoms with Crippen molar-refractivity contribution in [2.45, 2.75) is 232 Å². The van der Waals surface area contributed by atoms with Gasteiger partial charge in [0.15, 0.2) is 6.10 Å². The Bertz CT molecular complexity index is 1510. The summed E-state index contributed by atoms with van der Waals surface area (Å²) in [6, 6.07) is 0. The quantitative estimate of drug-likeness (QED) is 0.0262. The highest BCUT2D eigenvalue weighted by Crippen LogP contribution is 2.12. The fourth-order valence-electron chi connectivity index (χ4n) is 6.97. The Hall–Kier alpha value is -4.45. The van der Waals surface area contributed by atoms with Crippen molar-refractivity contribution < 1.29 is 28.6 Å². The number of allylic oxidation sites excluding steroid dienone is 22. The van der Waals surface area contributed by atoms with E-state index in [0.29, 0.717) is 19.3 Å². The van der Waals surface area contributed by atoms with Crippen molar-refractivity contribution in [3.63, 3.8) is 0 Å². The van der Waals surface area contributed by atoms with Gasteiger partial charge < -0.3 is 14.2 Å². The number of ether oxygens (including phenoxy) is 3. The zero-order valence-electron chi connectivity index (χ0n) is 44.3. The van der Waals surface area contributed by atoms with Crippen molar-refractivity contribution in [2.75, 3.05) is 13.2 Å². The zero-order chi connectivity index (χ0) is 50.0. The van der Waals surface area contributed by atoms with Crippen molar-refractivity contribution in [3.05, 3.63) is 134 Å². The highest BCUT2D eigenvalue weighted by atomic mass is 16.6. The maximum atomic E-state index is 12.8. The Morgan fingerprint density at radius 2 is 0.594 bits per heavy atom. The minimum absolute atomic E-state index is 0.123. The van der Waals surface area contributed by atoms with Crippen molar-refractivity contribution >= 4 is 17.9 Å². The predicted molar refractivity (Wildman–Crippen MR) is 297 cm³/mol. The Kier molecular flexibility index (Phi) is 52.5. The lowest BCUT2D eigenvalue weighted by atomic mass is 10.1. The molecule has 388 valence electrons. The highest BCUT2D eigenvalue weighted by molar-refractivity contribution is 5.71. The lowest BCUT2D eigenvalue weighted by Crippen LogP contribution is -2.30. The molecule has 6 heteroatoms. The summed E-state index contributed by atoms with van der Waals surface area (Å²) in [7, 11) is 0. The van der Waals surface area contributed by atoms with Crippen LogP contribution in [0.5, 0.6) is 0 Å². The smallest absolute Gasteiger partial charge is 0.306 e. The molecule has 0 aromatic heterocycles.